The Morgan fingerprint density at radius 2 is 1.95 bits per heavy atom. The monoisotopic (exact) mass is 307 g/mol. The zero-order valence-corrected chi connectivity index (χ0v) is 11.7. The number of hydrogen-bond acceptors (Lipinski definition) is 2. The molecule has 0 amide bonds. The number of nitrogens with two attached hydrogens (primary N) is 1. The first-order valence-electron chi connectivity index (χ1n) is 6.42. The highest BCUT2D eigenvalue weighted by atomic mass is 35.5. The second kappa shape index (κ2) is 5.47. The van der Waals surface area contributed by atoms with Crippen LogP contribution in [0.15, 0.2) is 46.9 Å². The molecule has 3 aromatic rings. The number of rotatable bonds is 3. The molecular formula is C16H12ClF2NO. The van der Waals surface area contributed by atoms with Crippen LogP contribution in [0.25, 0.3) is 11.0 Å². The lowest BCUT2D eigenvalue weighted by Crippen LogP contribution is -2.13. The Morgan fingerprint density at radius 3 is 2.71 bits per heavy atom. The molecular weight excluding hydrogens is 296 g/mol. The molecule has 2 aromatic carbocycles. The quantitative estimate of drug-likeness (QED) is 0.767. The van der Waals surface area contributed by atoms with Crippen LogP contribution in [0.5, 0.6) is 0 Å². The molecule has 1 unspecified atom stereocenters. The summed E-state index contributed by atoms with van der Waals surface area (Å²) in [6.45, 7) is 0. The maximum absolute atomic E-state index is 13.8. The topological polar surface area (TPSA) is 39.2 Å². The average molecular weight is 308 g/mol. The third-order valence-corrected chi connectivity index (χ3v) is 3.70. The molecule has 1 heterocycles. The van der Waals surface area contributed by atoms with Crippen LogP contribution in [0.2, 0.25) is 5.02 Å². The lowest BCUT2D eigenvalue weighted by atomic mass is 10.0. The summed E-state index contributed by atoms with van der Waals surface area (Å²) in [4.78, 5) is 0. The molecule has 5 heteroatoms. The van der Waals surface area contributed by atoms with Gasteiger partial charge in [-0.1, -0.05) is 17.7 Å². The molecule has 1 atom stereocenters. The van der Waals surface area contributed by atoms with E-state index in [1.807, 2.05) is 0 Å². The minimum atomic E-state index is -0.560. The van der Waals surface area contributed by atoms with E-state index in [-0.39, 0.29) is 12.2 Å². The minimum absolute atomic E-state index is 0.202. The first kappa shape index (κ1) is 14.0. The van der Waals surface area contributed by atoms with Crippen LogP contribution < -0.4 is 5.73 Å². The fourth-order valence-corrected chi connectivity index (χ4v) is 2.51. The van der Waals surface area contributed by atoms with Crippen LogP contribution >= 0.6 is 11.6 Å². The van der Waals surface area contributed by atoms with Gasteiger partial charge in [0.2, 0.25) is 0 Å². The van der Waals surface area contributed by atoms with Crippen molar-refractivity contribution >= 4 is 22.6 Å². The lowest BCUT2D eigenvalue weighted by Gasteiger charge is -2.11. The molecule has 0 aliphatic heterocycles. The minimum Gasteiger partial charge on any atom is -0.459 e. The highest BCUT2D eigenvalue weighted by Crippen LogP contribution is 2.28. The second-order valence-corrected chi connectivity index (χ2v) is 5.25. The largest absolute Gasteiger partial charge is 0.459 e. The van der Waals surface area contributed by atoms with Gasteiger partial charge in [-0.15, -0.1) is 0 Å². The van der Waals surface area contributed by atoms with Crippen molar-refractivity contribution in [2.75, 3.05) is 0 Å². The molecule has 0 spiro atoms. The van der Waals surface area contributed by atoms with Crippen LogP contribution in [0, 0.1) is 11.6 Å². The summed E-state index contributed by atoms with van der Waals surface area (Å²) in [5, 5.41) is 0.952. The standard InChI is InChI=1S/C16H12ClF2NO/c17-12-2-1-3-13(19)11(12)8-14(20)16-7-9-6-10(18)4-5-15(9)21-16/h1-7,14H,8,20H2. The van der Waals surface area contributed by atoms with Gasteiger partial charge in [0.05, 0.1) is 6.04 Å². The van der Waals surface area contributed by atoms with Gasteiger partial charge in [0.1, 0.15) is 23.0 Å². The molecule has 0 saturated carbocycles. The van der Waals surface area contributed by atoms with Gasteiger partial charge in [-0.05, 0) is 42.8 Å². The fourth-order valence-electron chi connectivity index (χ4n) is 2.27. The van der Waals surface area contributed by atoms with Gasteiger partial charge in [0.25, 0.3) is 0 Å². The van der Waals surface area contributed by atoms with Crippen molar-refractivity contribution in [3.05, 3.63) is 70.4 Å². The van der Waals surface area contributed by atoms with Crippen molar-refractivity contribution in [3.63, 3.8) is 0 Å². The molecule has 2 N–H and O–H groups in total. The van der Waals surface area contributed by atoms with Gasteiger partial charge in [0, 0.05) is 16.0 Å². The van der Waals surface area contributed by atoms with Crippen LogP contribution in [-0.4, -0.2) is 0 Å². The molecule has 3 rings (SSSR count). The van der Waals surface area contributed by atoms with E-state index in [9.17, 15) is 8.78 Å². The van der Waals surface area contributed by atoms with Gasteiger partial charge in [0.15, 0.2) is 0 Å². The van der Waals surface area contributed by atoms with Crippen LogP contribution in [0.4, 0.5) is 8.78 Å². The molecule has 21 heavy (non-hydrogen) atoms. The van der Waals surface area contributed by atoms with Gasteiger partial charge >= 0.3 is 0 Å². The Hall–Kier alpha value is -1.91. The first-order chi connectivity index (χ1) is 10.0. The van der Waals surface area contributed by atoms with Crippen molar-refractivity contribution < 1.29 is 13.2 Å². The number of hydrogen-bond donors (Lipinski definition) is 1. The molecule has 0 aliphatic carbocycles. The zero-order chi connectivity index (χ0) is 15.0. The Labute approximate surface area is 125 Å². The molecule has 0 bridgehead atoms. The van der Waals surface area contributed by atoms with Crippen molar-refractivity contribution in [1.29, 1.82) is 0 Å². The summed E-state index contributed by atoms with van der Waals surface area (Å²) in [7, 11) is 0. The number of fused-ring (bicyclic) bond motifs is 1. The van der Waals surface area contributed by atoms with E-state index in [1.54, 1.807) is 12.1 Å². The summed E-state index contributed by atoms with van der Waals surface area (Å²) in [6, 6.07) is 9.81. The zero-order valence-electron chi connectivity index (χ0n) is 10.9. The smallest absolute Gasteiger partial charge is 0.134 e. The van der Waals surface area contributed by atoms with E-state index in [2.05, 4.69) is 0 Å². The maximum atomic E-state index is 13.8. The van der Waals surface area contributed by atoms with Crippen molar-refractivity contribution in [2.24, 2.45) is 5.73 Å². The Bertz CT molecular complexity index is 780. The third kappa shape index (κ3) is 2.77. The SMILES string of the molecule is NC(Cc1c(F)cccc1Cl)c1cc2cc(F)ccc2o1. The van der Waals surface area contributed by atoms with Crippen molar-refractivity contribution in [1.82, 2.24) is 0 Å². The highest BCUT2D eigenvalue weighted by Gasteiger charge is 2.17. The number of furan rings is 1. The molecule has 1 aromatic heterocycles. The van der Waals surface area contributed by atoms with E-state index in [0.717, 1.165) is 0 Å². The number of benzene rings is 2. The molecule has 0 aliphatic rings. The predicted molar refractivity (Wildman–Crippen MR) is 78.2 cm³/mol. The van der Waals surface area contributed by atoms with Crippen molar-refractivity contribution in [2.45, 2.75) is 12.5 Å². The van der Waals surface area contributed by atoms with E-state index in [1.165, 1.54) is 30.3 Å². The fraction of sp³-hybridized carbons (Fsp3) is 0.125. The third-order valence-electron chi connectivity index (χ3n) is 3.35. The molecule has 0 fully saturated rings. The van der Waals surface area contributed by atoms with Crippen LogP contribution in [0.1, 0.15) is 17.4 Å². The van der Waals surface area contributed by atoms with E-state index in [0.29, 0.717) is 27.3 Å². The number of halogens is 3. The Balaban J connectivity index is 1.91. The first-order valence-corrected chi connectivity index (χ1v) is 6.80. The van der Waals surface area contributed by atoms with E-state index in [4.69, 9.17) is 21.8 Å². The Morgan fingerprint density at radius 1 is 1.14 bits per heavy atom. The molecule has 0 radical (unpaired) electrons. The van der Waals surface area contributed by atoms with E-state index >= 15 is 0 Å². The van der Waals surface area contributed by atoms with Crippen LogP contribution in [0.3, 0.4) is 0 Å². The molecule has 2 nitrogen and oxygen atoms in total. The summed E-state index contributed by atoms with van der Waals surface area (Å²) < 4.78 is 32.5. The van der Waals surface area contributed by atoms with Gasteiger partial charge in [-0.3, -0.25) is 0 Å². The predicted octanol–water partition coefficient (Wildman–Crippen LogP) is 4.61. The molecule has 108 valence electrons. The molecule has 0 saturated heterocycles. The normalized spacial score (nSPS) is 12.8. The second-order valence-electron chi connectivity index (χ2n) is 4.84. The highest BCUT2D eigenvalue weighted by molar-refractivity contribution is 6.31. The van der Waals surface area contributed by atoms with Gasteiger partial charge < -0.3 is 10.2 Å². The van der Waals surface area contributed by atoms with E-state index < -0.39 is 11.9 Å². The van der Waals surface area contributed by atoms with Crippen molar-refractivity contribution in [3.8, 4) is 0 Å². The Kier molecular flexibility index (Phi) is 3.66. The van der Waals surface area contributed by atoms with Crippen LogP contribution in [-0.2, 0) is 6.42 Å². The maximum Gasteiger partial charge on any atom is 0.134 e. The summed E-state index contributed by atoms with van der Waals surface area (Å²) in [6.07, 6.45) is 0.202. The summed E-state index contributed by atoms with van der Waals surface area (Å²) in [5.41, 5.74) is 6.94. The summed E-state index contributed by atoms with van der Waals surface area (Å²) in [5.74, 6) is -0.282. The average Bonchev–Trinajstić information content (AvgIpc) is 2.86. The van der Waals surface area contributed by atoms with Gasteiger partial charge in [-0.25, -0.2) is 8.78 Å². The lowest BCUT2D eigenvalue weighted by molar-refractivity contribution is 0.487. The summed E-state index contributed by atoms with van der Waals surface area (Å²) >= 11 is 5.98. The van der Waals surface area contributed by atoms with Gasteiger partial charge in [-0.2, -0.15) is 0 Å².